The lowest BCUT2D eigenvalue weighted by Gasteiger charge is -2.34. The molecule has 5 heteroatoms. The number of hydrogen-bond donors (Lipinski definition) is 0. The minimum Gasteiger partial charge on any atom is -0.496 e. The van der Waals surface area contributed by atoms with E-state index in [-0.39, 0.29) is 5.91 Å². The predicted octanol–water partition coefficient (Wildman–Crippen LogP) is 3.51. The van der Waals surface area contributed by atoms with Crippen LogP contribution in [0.3, 0.4) is 0 Å². The topological polar surface area (TPSA) is 48.0 Å². The highest BCUT2D eigenvalue weighted by Crippen LogP contribution is 2.36. The maximum Gasteiger partial charge on any atom is 0.258 e. The van der Waals surface area contributed by atoms with Gasteiger partial charge in [-0.2, -0.15) is 0 Å². The third-order valence-electron chi connectivity index (χ3n) is 4.55. The van der Waals surface area contributed by atoms with Crippen molar-refractivity contribution >= 4 is 5.91 Å². The normalized spacial score (nSPS) is 15.1. The van der Waals surface area contributed by atoms with Gasteiger partial charge >= 0.3 is 0 Å². The molecule has 1 fully saturated rings. The molecule has 1 aromatic rings. The van der Waals surface area contributed by atoms with E-state index < -0.39 is 0 Å². The Kier molecular flexibility index (Phi) is 6.13. The first-order chi connectivity index (χ1) is 11.2. The number of rotatable bonds is 6. The van der Waals surface area contributed by atoms with Crippen LogP contribution in [0.2, 0.25) is 0 Å². The number of methoxy groups -OCH3 is 3. The molecule has 0 bridgehead atoms. The lowest BCUT2D eigenvalue weighted by Crippen LogP contribution is -2.41. The molecule has 0 radical (unpaired) electrons. The maximum absolute atomic E-state index is 13.1. The van der Waals surface area contributed by atoms with Crippen molar-refractivity contribution in [3.05, 3.63) is 17.7 Å². The molecule has 0 aromatic heterocycles. The largest absolute Gasteiger partial charge is 0.496 e. The van der Waals surface area contributed by atoms with Crippen molar-refractivity contribution in [3.8, 4) is 17.2 Å². The van der Waals surface area contributed by atoms with E-state index in [2.05, 4.69) is 0 Å². The van der Waals surface area contributed by atoms with Crippen LogP contribution in [0.25, 0.3) is 0 Å². The third kappa shape index (κ3) is 3.71. The monoisotopic (exact) mass is 321 g/mol. The van der Waals surface area contributed by atoms with Crippen LogP contribution in [-0.2, 0) is 0 Å². The van der Waals surface area contributed by atoms with Crippen molar-refractivity contribution < 1.29 is 19.0 Å². The molecule has 1 aliphatic carbocycles. The molecule has 0 heterocycles. The molecule has 1 aromatic carbocycles. The standard InChI is InChI=1S/C18H27NO4/c1-5-19(13-9-7-6-8-10-13)18(20)14-11-16(22-3)17(23-4)12-15(14)21-2/h11-13H,5-10H2,1-4H3. The molecule has 0 unspecified atom stereocenters. The van der Waals surface area contributed by atoms with E-state index in [0.717, 1.165) is 12.8 Å². The van der Waals surface area contributed by atoms with E-state index in [0.29, 0.717) is 35.4 Å². The van der Waals surface area contributed by atoms with Crippen LogP contribution in [0.4, 0.5) is 0 Å². The second-order valence-electron chi connectivity index (χ2n) is 5.79. The van der Waals surface area contributed by atoms with Gasteiger partial charge in [0.1, 0.15) is 5.75 Å². The number of benzene rings is 1. The number of amides is 1. The maximum atomic E-state index is 13.1. The zero-order chi connectivity index (χ0) is 16.8. The molecule has 128 valence electrons. The fraction of sp³-hybridized carbons (Fsp3) is 0.611. The molecule has 0 atom stereocenters. The van der Waals surface area contributed by atoms with Crippen LogP contribution in [0.5, 0.6) is 17.2 Å². The number of hydrogen-bond acceptors (Lipinski definition) is 4. The van der Waals surface area contributed by atoms with Crippen LogP contribution in [0, 0.1) is 0 Å². The van der Waals surface area contributed by atoms with Gasteiger partial charge in [0.15, 0.2) is 11.5 Å². The summed E-state index contributed by atoms with van der Waals surface area (Å²) in [7, 11) is 4.70. The van der Waals surface area contributed by atoms with Crippen molar-refractivity contribution in [2.24, 2.45) is 0 Å². The molecule has 0 N–H and O–H groups in total. The van der Waals surface area contributed by atoms with Gasteiger partial charge in [-0.15, -0.1) is 0 Å². The Balaban J connectivity index is 2.35. The van der Waals surface area contributed by atoms with E-state index in [1.54, 1.807) is 33.5 Å². The van der Waals surface area contributed by atoms with Gasteiger partial charge in [0.25, 0.3) is 5.91 Å². The van der Waals surface area contributed by atoms with Gasteiger partial charge in [-0.3, -0.25) is 4.79 Å². The molecule has 5 nitrogen and oxygen atoms in total. The van der Waals surface area contributed by atoms with Crippen LogP contribution in [0.15, 0.2) is 12.1 Å². The van der Waals surface area contributed by atoms with Crippen molar-refractivity contribution in [1.29, 1.82) is 0 Å². The Morgan fingerprint density at radius 1 is 1.00 bits per heavy atom. The minimum atomic E-state index is -0.00259. The van der Waals surface area contributed by atoms with Crippen LogP contribution < -0.4 is 14.2 Å². The van der Waals surface area contributed by atoms with Gasteiger partial charge in [0.2, 0.25) is 0 Å². The lowest BCUT2D eigenvalue weighted by molar-refractivity contribution is 0.0644. The first-order valence-electron chi connectivity index (χ1n) is 8.27. The van der Waals surface area contributed by atoms with E-state index in [1.165, 1.54) is 19.3 Å². The summed E-state index contributed by atoms with van der Waals surface area (Å²) in [4.78, 5) is 15.0. The molecule has 1 amide bonds. The molecule has 2 rings (SSSR count). The summed E-state index contributed by atoms with van der Waals surface area (Å²) in [6, 6.07) is 3.74. The van der Waals surface area contributed by atoms with Crippen molar-refractivity contribution in [2.75, 3.05) is 27.9 Å². The molecular formula is C18H27NO4. The summed E-state index contributed by atoms with van der Waals surface area (Å²) in [6.07, 6.45) is 5.81. The summed E-state index contributed by atoms with van der Waals surface area (Å²) < 4.78 is 16.0. The van der Waals surface area contributed by atoms with Crippen LogP contribution in [-0.4, -0.2) is 44.7 Å². The van der Waals surface area contributed by atoms with E-state index >= 15 is 0 Å². The van der Waals surface area contributed by atoms with Gasteiger partial charge in [0.05, 0.1) is 26.9 Å². The second-order valence-corrected chi connectivity index (χ2v) is 5.79. The predicted molar refractivity (Wildman–Crippen MR) is 89.7 cm³/mol. The number of carbonyl (C=O) groups excluding carboxylic acids is 1. The quantitative estimate of drug-likeness (QED) is 0.804. The van der Waals surface area contributed by atoms with Crippen LogP contribution in [0.1, 0.15) is 49.4 Å². The number of carbonyl (C=O) groups is 1. The zero-order valence-corrected chi connectivity index (χ0v) is 14.6. The van der Waals surface area contributed by atoms with E-state index in [4.69, 9.17) is 14.2 Å². The highest BCUT2D eigenvalue weighted by Gasteiger charge is 2.28. The summed E-state index contributed by atoms with van der Waals surface area (Å²) in [5, 5.41) is 0. The number of ether oxygens (including phenoxy) is 3. The van der Waals surface area contributed by atoms with E-state index in [9.17, 15) is 4.79 Å². The van der Waals surface area contributed by atoms with Crippen molar-refractivity contribution in [1.82, 2.24) is 4.90 Å². The Morgan fingerprint density at radius 3 is 2.09 bits per heavy atom. The van der Waals surface area contributed by atoms with Crippen LogP contribution >= 0.6 is 0 Å². The van der Waals surface area contributed by atoms with Crippen molar-refractivity contribution in [2.45, 2.75) is 45.1 Å². The Bertz CT molecular complexity index is 538. The molecule has 0 spiro atoms. The first kappa shape index (κ1) is 17.4. The summed E-state index contributed by atoms with van der Waals surface area (Å²) in [5.41, 5.74) is 0.526. The first-order valence-corrected chi connectivity index (χ1v) is 8.27. The molecular weight excluding hydrogens is 294 g/mol. The summed E-state index contributed by atoms with van der Waals surface area (Å²) in [6.45, 7) is 2.72. The van der Waals surface area contributed by atoms with Gasteiger partial charge in [-0.1, -0.05) is 19.3 Å². The summed E-state index contributed by atoms with van der Waals surface area (Å²) >= 11 is 0. The molecule has 0 saturated heterocycles. The zero-order valence-electron chi connectivity index (χ0n) is 14.6. The van der Waals surface area contributed by atoms with Gasteiger partial charge in [0, 0.05) is 24.7 Å². The fourth-order valence-corrected chi connectivity index (χ4v) is 3.31. The summed E-state index contributed by atoms with van der Waals surface area (Å²) in [5.74, 6) is 1.61. The molecule has 1 aliphatic rings. The Labute approximate surface area is 138 Å². The van der Waals surface area contributed by atoms with Crippen molar-refractivity contribution in [3.63, 3.8) is 0 Å². The lowest BCUT2D eigenvalue weighted by atomic mass is 9.93. The molecule has 0 aliphatic heterocycles. The molecule has 1 saturated carbocycles. The minimum absolute atomic E-state index is 0.00259. The smallest absolute Gasteiger partial charge is 0.258 e. The number of nitrogens with zero attached hydrogens (tertiary/aromatic N) is 1. The fourth-order valence-electron chi connectivity index (χ4n) is 3.31. The highest BCUT2D eigenvalue weighted by atomic mass is 16.5. The second kappa shape index (κ2) is 8.09. The Morgan fingerprint density at radius 2 is 1.57 bits per heavy atom. The SMILES string of the molecule is CCN(C(=O)c1cc(OC)c(OC)cc1OC)C1CCCCC1. The third-order valence-corrected chi connectivity index (χ3v) is 4.55. The van der Waals surface area contributed by atoms with Gasteiger partial charge < -0.3 is 19.1 Å². The molecule has 23 heavy (non-hydrogen) atoms. The Hall–Kier alpha value is -1.91. The van der Waals surface area contributed by atoms with E-state index in [1.807, 2.05) is 11.8 Å². The van der Waals surface area contributed by atoms with Gasteiger partial charge in [-0.05, 0) is 19.8 Å². The highest BCUT2D eigenvalue weighted by molar-refractivity contribution is 5.98. The van der Waals surface area contributed by atoms with Gasteiger partial charge in [-0.25, -0.2) is 0 Å². The average molecular weight is 321 g/mol. The average Bonchev–Trinajstić information content (AvgIpc) is 2.61.